The van der Waals surface area contributed by atoms with Crippen molar-refractivity contribution in [1.82, 2.24) is 5.32 Å². The van der Waals surface area contributed by atoms with E-state index < -0.39 is 22.5 Å². The van der Waals surface area contributed by atoms with Crippen LogP contribution in [0.15, 0.2) is 22.7 Å². The van der Waals surface area contributed by atoms with Crippen LogP contribution in [-0.2, 0) is 0 Å². The zero-order valence-corrected chi connectivity index (χ0v) is 11.4. The molecule has 2 rings (SSSR count). The molecule has 0 atom stereocenters. The van der Waals surface area contributed by atoms with Crippen LogP contribution in [0.5, 0.6) is 0 Å². The van der Waals surface area contributed by atoms with Gasteiger partial charge >= 0.3 is 6.18 Å². The normalized spacial score (nSPS) is 16.6. The van der Waals surface area contributed by atoms with E-state index in [0.717, 1.165) is 12.1 Å². The third kappa shape index (κ3) is 2.62. The number of nitrogens with zero attached hydrogens (tertiary/aromatic N) is 1. The Balaban J connectivity index is 2.26. The summed E-state index contributed by atoms with van der Waals surface area (Å²) < 4.78 is 38.4. The fraction of sp³-hybridized carbons (Fsp3) is 0.364. The monoisotopic (exact) mass is 352 g/mol. The van der Waals surface area contributed by atoms with Crippen molar-refractivity contribution in [1.29, 1.82) is 0 Å². The van der Waals surface area contributed by atoms with Gasteiger partial charge in [0.15, 0.2) is 0 Å². The molecule has 0 spiro atoms. The lowest BCUT2D eigenvalue weighted by atomic mass is 10.1. The van der Waals surface area contributed by atoms with Gasteiger partial charge in [-0.2, -0.15) is 13.2 Å². The Morgan fingerprint density at radius 3 is 2.45 bits per heavy atom. The number of benzene rings is 1. The highest BCUT2D eigenvalue weighted by Gasteiger charge is 2.64. The maximum Gasteiger partial charge on any atom is 0.411 e. The smallest absolute Gasteiger partial charge is 0.338 e. The van der Waals surface area contributed by atoms with Crippen LogP contribution in [0.4, 0.5) is 18.9 Å². The third-order valence-corrected chi connectivity index (χ3v) is 3.74. The summed E-state index contributed by atoms with van der Waals surface area (Å²) in [6.07, 6.45) is -4.90. The van der Waals surface area contributed by atoms with E-state index in [1.54, 1.807) is 0 Å². The van der Waals surface area contributed by atoms with Gasteiger partial charge in [0, 0.05) is 16.6 Å². The predicted molar refractivity (Wildman–Crippen MR) is 66.3 cm³/mol. The van der Waals surface area contributed by atoms with Crippen molar-refractivity contribution < 1.29 is 22.9 Å². The number of carbonyl (C=O) groups is 1. The molecule has 0 aliphatic heterocycles. The van der Waals surface area contributed by atoms with Gasteiger partial charge in [0.2, 0.25) is 0 Å². The summed E-state index contributed by atoms with van der Waals surface area (Å²) >= 11 is 2.99. The molecule has 108 valence electrons. The molecular weight excluding hydrogens is 345 g/mol. The molecule has 0 aromatic heterocycles. The van der Waals surface area contributed by atoms with Gasteiger partial charge in [-0.25, -0.2) is 0 Å². The van der Waals surface area contributed by atoms with Gasteiger partial charge in [0.1, 0.15) is 5.54 Å². The van der Waals surface area contributed by atoms with Crippen molar-refractivity contribution in [2.75, 3.05) is 0 Å². The van der Waals surface area contributed by atoms with Crippen LogP contribution in [0.25, 0.3) is 0 Å². The van der Waals surface area contributed by atoms with Gasteiger partial charge < -0.3 is 5.32 Å². The second-order valence-corrected chi connectivity index (χ2v) is 5.31. The number of nitro benzene ring substituents is 1. The molecule has 1 saturated carbocycles. The van der Waals surface area contributed by atoms with Gasteiger partial charge in [-0.05, 0) is 34.8 Å². The molecule has 1 aromatic carbocycles. The average Bonchev–Trinajstić information content (AvgIpc) is 3.09. The molecule has 1 fully saturated rings. The maximum absolute atomic E-state index is 12.7. The highest BCUT2D eigenvalue weighted by molar-refractivity contribution is 9.10. The van der Waals surface area contributed by atoms with Gasteiger partial charge in [-0.1, -0.05) is 0 Å². The number of amides is 1. The molecule has 0 bridgehead atoms. The summed E-state index contributed by atoms with van der Waals surface area (Å²) in [6.45, 7) is 0. The summed E-state index contributed by atoms with van der Waals surface area (Å²) in [6, 6.07) is 3.34. The first-order chi connectivity index (χ1) is 9.16. The molecule has 1 amide bonds. The van der Waals surface area contributed by atoms with Crippen molar-refractivity contribution in [3.05, 3.63) is 38.3 Å². The average molecular weight is 353 g/mol. The zero-order valence-electron chi connectivity index (χ0n) is 9.83. The Morgan fingerprint density at radius 2 is 2.00 bits per heavy atom. The van der Waals surface area contributed by atoms with E-state index in [1.807, 2.05) is 5.32 Å². The highest BCUT2D eigenvalue weighted by atomic mass is 79.9. The number of nitrogens with one attached hydrogen (secondary N) is 1. The Bertz CT molecular complexity index is 585. The molecule has 1 aliphatic rings. The Kier molecular flexibility index (Phi) is 3.49. The van der Waals surface area contributed by atoms with Gasteiger partial charge in [0.25, 0.3) is 11.6 Å². The Labute approximate surface area is 119 Å². The number of rotatable bonds is 3. The van der Waals surface area contributed by atoms with Crippen molar-refractivity contribution in [2.45, 2.75) is 24.6 Å². The number of hydrogen-bond acceptors (Lipinski definition) is 3. The molecule has 0 radical (unpaired) electrons. The molecule has 20 heavy (non-hydrogen) atoms. The molecule has 0 heterocycles. The number of non-ortho nitro benzene ring substituents is 1. The number of halogens is 4. The molecule has 9 heteroatoms. The van der Waals surface area contributed by atoms with E-state index in [2.05, 4.69) is 15.9 Å². The second-order valence-electron chi connectivity index (χ2n) is 4.46. The minimum atomic E-state index is -4.53. The van der Waals surface area contributed by atoms with Gasteiger partial charge in [0.05, 0.1) is 10.5 Å². The third-order valence-electron chi connectivity index (χ3n) is 3.05. The SMILES string of the molecule is O=C(NC1(C(F)(F)F)CC1)c1cc([N+](=O)[O-])ccc1Br. The fourth-order valence-electron chi connectivity index (χ4n) is 1.69. The summed E-state index contributed by atoms with van der Waals surface area (Å²) in [7, 11) is 0. The van der Waals surface area contributed by atoms with Crippen molar-refractivity contribution in [2.24, 2.45) is 0 Å². The number of carbonyl (C=O) groups excluding carboxylic acids is 1. The predicted octanol–water partition coefficient (Wildman–Crippen LogP) is 3.18. The summed E-state index contributed by atoms with van der Waals surface area (Å²) in [4.78, 5) is 21.8. The molecule has 5 nitrogen and oxygen atoms in total. The summed E-state index contributed by atoms with van der Waals surface area (Å²) in [5.74, 6) is -0.990. The summed E-state index contributed by atoms with van der Waals surface area (Å²) in [5, 5.41) is 12.5. The van der Waals surface area contributed by atoms with Gasteiger partial charge in [-0.3, -0.25) is 14.9 Å². The maximum atomic E-state index is 12.7. The lowest BCUT2D eigenvalue weighted by Gasteiger charge is -2.20. The second kappa shape index (κ2) is 4.72. The zero-order chi connectivity index (χ0) is 15.1. The lowest BCUT2D eigenvalue weighted by Crippen LogP contribution is -2.47. The molecule has 1 aliphatic carbocycles. The van der Waals surface area contributed by atoms with Crippen molar-refractivity contribution >= 4 is 27.5 Å². The number of hydrogen-bond donors (Lipinski definition) is 1. The van der Waals surface area contributed by atoms with Gasteiger partial charge in [-0.15, -0.1) is 0 Å². The summed E-state index contributed by atoms with van der Waals surface area (Å²) in [5.41, 5.74) is -2.77. The number of nitro groups is 1. The Hall–Kier alpha value is -1.64. The topological polar surface area (TPSA) is 72.2 Å². The van der Waals surface area contributed by atoms with Crippen LogP contribution in [0.1, 0.15) is 23.2 Å². The Morgan fingerprint density at radius 1 is 1.40 bits per heavy atom. The minimum Gasteiger partial charge on any atom is -0.338 e. The van der Waals surface area contributed by atoms with Crippen LogP contribution in [-0.4, -0.2) is 22.5 Å². The van der Waals surface area contributed by atoms with Crippen LogP contribution >= 0.6 is 15.9 Å². The van der Waals surface area contributed by atoms with E-state index in [4.69, 9.17) is 0 Å². The molecule has 0 saturated heterocycles. The van der Waals surface area contributed by atoms with E-state index in [-0.39, 0.29) is 28.6 Å². The van der Waals surface area contributed by atoms with Crippen molar-refractivity contribution in [3.8, 4) is 0 Å². The highest BCUT2D eigenvalue weighted by Crippen LogP contribution is 2.49. The lowest BCUT2D eigenvalue weighted by molar-refractivity contribution is -0.384. The van der Waals surface area contributed by atoms with E-state index in [0.29, 0.717) is 0 Å². The first-order valence-electron chi connectivity index (χ1n) is 5.49. The molecular formula is C11H8BrF3N2O3. The van der Waals surface area contributed by atoms with Crippen molar-refractivity contribution in [3.63, 3.8) is 0 Å². The largest absolute Gasteiger partial charge is 0.411 e. The number of alkyl halides is 3. The first-order valence-corrected chi connectivity index (χ1v) is 6.29. The van der Waals surface area contributed by atoms with E-state index >= 15 is 0 Å². The fourth-order valence-corrected chi connectivity index (χ4v) is 2.12. The quantitative estimate of drug-likeness (QED) is 0.670. The van der Waals surface area contributed by atoms with E-state index in [1.165, 1.54) is 6.07 Å². The van der Waals surface area contributed by atoms with Crippen LogP contribution in [0.2, 0.25) is 0 Å². The first kappa shape index (κ1) is 14.8. The standard InChI is InChI=1S/C11H8BrF3N2O3/c12-8-2-1-6(17(19)20)5-7(8)9(18)16-10(3-4-10)11(13,14)15/h1-2,5H,3-4H2,(H,16,18). The van der Waals surface area contributed by atoms with Crippen LogP contribution < -0.4 is 5.32 Å². The molecule has 0 unspecified atom stereocenters. The van der Waals surface area contributed by atoms with E-state index in [9.17, 15) is 28.1 Å². The molecule has 1 N–H and O–H groups in total. The molecule has 1 aromatic rings. The minimum absolute atomic E-state index is 0.186. The van der Waals surface area contributed by atoms with Crippen LogP contribution in [0.3, 0.4) is 0 Å². The van der Waals surface area contributed by atoms with Crippen LogP contribution in [0, 0.1) is 10.1 Å².